The van der Waals surface area contributed by atoms with Gasteiger partial charge in [-0.25, -0.2) is 0 Å². The second-order valence-electron chi connectivity index (χ2n) is 6.37. The van der Waals surface area contributed by atoms with E-state index in [4.69, 9.17) is 15.2 Å². The third-order valence-electron chi connectivity index (χ3n) is 4.40. The van der Waals surface area contributed by atoms with Gasteiger partial charge in [0.1, 0.15) is 11.5 Å². The Bertz CT molecular complexity index is 694. The fourth-order valence-electron chi connectivity index (χ4n) is 2.88. The van der Waals surface area contributed by atoms with Crippen LogP contribution in [0.25, 0.3) is 0 Å². The summed E-state index contributed by atoms with van der Waals surface area (Å²) < 4.78 is 10.5. The molecule has 0 heterocycles. The molecular weight excluding hydrogens is 316 g/mol. The molecule has 0 spiro atoms. The molecule has 1 aliphatic rings. The maximum atomic E-state index is 10.7. The summed E-state index contributed by atoms with van der Waals surface area (Å²) in [6.45, 7) is 0.683. The summed E-state index contributed by atoms with van der Waals surface area (Å²) in [7, 11) is 1.68. The molecule has 5 heteroatoms. The van der Waals surface area contributed by atoms with Crippen LogP contribution in [-0.4, -0.2) is 19.6 Å². The van der Waals surface area contributed by atoms with Crippen molar-refractivity contribution < 1.29 is 14.3 Å². The lowest BCUT2D eigenvalue weighted by Crippen LogP contribution is -2.22. The number of hydrogen-bond acceptors (Lipinski definition) is 4. The van der Waals surface area contributed by atoms with Crippen LogP contribution in [0.3, 0.4) is 0 Å². The molecule has 0 bridgehead atoms. The first-order valence-electron chi connectivity index (χ1n) is 8.53. The number of nitrogens with one attached hydrogen (secondary N) is 1. The number of amides is 1. The van der Waals surface area contributed by atoms with Crippen molar-refractivity contribution in [2.75, 3.05) is 13.7 Å². The van der Waals surface area contributed by atoms with Crippen molar-refractivity contribution in [1.29, 1.82) is 0 Å². The molecule has 1 aliphatic carbocycles. The number of hydrogen-bond donors (Lipinski definition) is 2. The summed E-state index contributed by atoms with van der Waals surface area (Å²) in [5.41, 5.74) is 7.54. The Hall–Kier alpha value is -2.53. The normalized spacial score (nSPS) is 14.8. The topological polar surface area (TPSA) is 73.6 Å². The maximum absolute atomic E-state index is 10.7. The standard InChI is InChI=1S/C20H24N2O3/c1-24-17-10-6-16(7-11-17)20(15-4-5-15)22-12-14-2-8-18(9-3-14)25-13-19(21)23/h2-3,6-11,15,20,22H,4-5,12-13H2,1H3,(H2,21,23). The zero-order valence-corrected chi connectivity index (χ0v) is 14.4. The van der Waals surface area contributed by atoms with Crippen LogP contribution >= 0.6 is 0 Å². The van der Waals surface area contributed by atoms with Crippen molar-refractivity contribution in [3.05, 3.63) is 59.7 Å². The SMILES string of the molecule is COc1ccc(C(NCc2ccc(OCC(N)=O)cc2)C2CC2)cc1. The van der Waals surface area contributed by atoms with Crippen molar-refractivity contribution >= 4 is 5.91 Å². The molecule has 3 rings (SSSR count). The molecule has 25 heavy (non-hydrogen) atoms. The van der Waals surface area contributed by atoms with Gasteiger partial charge in [-0.2, -0.15) is 0 Å². The van der Waals surface area contributed by atoms with E-state index in [0.717, 1.165) is 12.3 Å². The van der Waals surface area contributed by atoms with Crippen molar-refractivity contribution in [3.63, 3.8) is 0 Å². The zero-order valence-electron chi connectivity index (χ0n) is 14.4. The van der Waals surface area contributed by atoms with Gasteiger partial charge in [0, 0.05) is 12.6 Å². The van der Waals surface area contributed by atoms with Gasteiger partial charge in [0.2, 0.25) is 0 Å². The number of primary amides is 1. The third kappa shape index (κ3) is 4.97. The van der Waals surface area contributed by atoms with Crippen molar-refractivity contribution in [2.24, 2.45) is 11.7 Å². The molecule has 1 amide bonds. The Morgan fingerprint density at radius 3 is 2.32 bits per heavy atom. The van der Waals surface area contributed by atoms with Crippen LogP contribution in [0.4, 0.5) is 0 Å². The number of ether oxygens (including phenoxy) is 2. The highest BCUT2D eigenvalue weighted by atomic mass is 16.5. The summed E-state index contributed by atoms with van der Waals surface area (Å²) in [6, 6.07) is 16.4. The van der Waals surface area contributed by atoms with Gasteiger partial charge in [0.05, 0.1) is 7.11 Å². The fourth-order valence-corrected chi connectivity index (χ4v) is 2.88. The number of methoxy groups -OCH3 is 1. The van der Waals surface area contributed by atoms with E-state index in [9.17, 15) is 4.79 Å². The number of nitrogens with two attached hydrogens (primary N) is 1. The van der Waals surface area contributed by atoms with Crippen LogP contribution in [-0.2, 0) is 11.3 Å². The van der Waals surface area contributed by atoms with Gasteiger partial charge in [-0.1, -0.05) is 24.3 Å². The van der Waals surface area contributed by atoms with Crippen molar-refractivity contribution in [2.45, 2.75) is 25.4 Å². The van der Waals surface area contributed by atoms with Crippen molar-refractivity contribution in [3.8, 4) is 11.5 Å². The smallest absolute Gasteiger partial charge is 0.255 e. The molecule has 1 saturated carbocycles. The highest BCUT2D eigenvalue weighted by Crippen LogP contribution is 2.41. The lowest BCUT2D eigenvalue weighted by Gasteiger charge is -2.19. The number of carbonyl (C=O) groups excluding carboxylic acids is 1. The van der Waals surface area contributed by atoms with Crippen LogP contribution < -0.4 is 20.5 Å². The Morgan fingerprint density at radius 1 is 1.12 bits per heavy atom. The molecule has 0 saturated heterocycles. The summed E-state index contributed by atoms with van der Waals surface area (Å²) in [5, 5.41) is 3.67. The van der Waals surface area contributed by atoms with Crippen LogP contribution in [0.2, 0.25) is 0 Å². The summed E-state index contributed by atoms with van der Waals surface area (Å²) >= 11 is 0. The second kappa shape index (κ2) is 8.03. The Labute approximate surface area is 148 Å². The molecular formula is C20H24N2O3. The first kappa shape index (κ1) is 17.3. The first-order chi connectivity index (χ1) is 12.2. The molecule has 3 N–H and O–H groups in total. The molecule has 132 valence electrons. The van der Waals surface area contributed by atoms with Crippen LogP contribution in [0.5, 0.6) is 11.5 Å². The highest BCUT2D eigenvalue weighted by Gasteiger charge is 2.31. The molecule has 1 fully saturated rings. The second-order valence-corrected chi connectivity index (χ2v) is 6.37. The quantitative estimate of drug-likeness (QED) is 0.736. The molecule has 0 aromatic heterocycles. The molecule has 2 aromatic rings. The minimum atomic E-state index is -0.475. The zero-order chi connectivity index (χ0) is 17.6. The van der Waals surface area contributed by atoms with Gasteiger partial charge < -0.3 is 20.5 Å². The van der Waals surface area contributed by atoms with Gasteiger partial charge in [0.25, 0.3) is 5.91 Å². The first-order valence-corrected chi connectivity index (χ1v) is 8.53. The van der Waals surface area contributed by atoms with Crippen LogP contribution in [0, 0.1) is 5.92 Å². The van der Waals surface area contributed by atoms with Crippen molar-refractivity contribution in [1.82, 2.24) is 5.32 Å². The molecule has 1 atom stereocenters. The van der Waals surface area contributed by atoms with E-state index >= 15 is 0 Å². The Balaban J connectivity index is 1.58. The van der Waals surface area contributed by atoms with Gasteiger partial charge in [-0.15, -0.1) is 0 Å². The van der Waals surface area contributed by atoms with Crippen LogP contribution in [0.1, 0.15) is 30.0 Å². The van der Waals surface area contributed by atoms with E-state index < -0.39 is 5.91 Å². The number of carbonyl (C=O) groups is 1. The maximum Gasteiger partial charge on any atom is 0.255 e. The summed E-state index contributed by atoms with van der Waals surface area (Å²) in [6.07, 6.45) is 2.53. The molecule has 0 radical (unpaired) electrons. The minimum absolute atomic E-state index is 0.0984. The van der Waals surface area contributed by atoms with Crippen LogP contribution in [0.15, 0.2) is 48.5 Å². The summed E-state index contributed by atoms with van der Waals surface area (Å²) in [4.78, 5) is 10.7. The van der Waals surface area contributed by atoms with Gasteiger partial charge in [-0.3, -0.25) is 4.79 Å². The predicted octanol–water partition coefficient (Wildman–Crippen LogP) is 2.80. The average molecular weight is 340 g/mol. The Kier molecular flexibility index (Phi) is 5.56. The lowest BCUT2D eigenvalue weighted by molar-refractivity contribution is -0.119. The van der Waals surface area contributed by atoms with Gasteiger partial charge in [-0.05, 0) is 54.2 Å². The average Bonchev–Trinajstić information content (AvgIpc) is 3.47. The lowest BCUT2D eigenvalue weighted by atomic mass is 10.0. The van der Waals surface area contributed by atoms with E-state index in [2.05, 4.69) is 17.4 Å². The number of rotatable bonds is 9. The van der Waals surface area contributed by atoms with E-state index in [1.165, 1.54) is 24.0 Å². The predicted molar refractivity (Wildman–Crippen MR) is 96.4 cm³/mol. The molecule has 1 unspecified atom stereocenters. The largest absolute Gasteiger partial charge is 0.497 e. The van der Waals surface area contributed by atoms with E-state index in [1.54, 1.807) is 7.11 Å². The number of benzene rings is 2. The van der Waals surface area contributed by atoms with E-state index in [0.29, 0.717) is 17.7 Å². The van der Waals surface area contributed by atoms with Gasteiger partial charge >= 0.3 is 0 Å². The highest BCUT2D eigenvalue weighted by molar-refractivity contribution is 5.75. The minimum Gasteiger partial charge on any atom is -0.497 e. The Morgan fingerprint density at radius 2 is 1.76 bits per heavy atom. The van der Waals surface area contributed by atoms with E-state index in [1.807, 2.05) is 36.4 Å². The van der Waals surface area contributed by atoms with E-state index in [-0.39, 0.29) is 6.61 Å². The monoisotopic (exact) mass is 340 g/mol. The molecule has 2 aromatic carbocycles. The molecule has 0 aliphatic heterocycles. The van der Waals surface area contributed by atoms with Gasteiger partial charge in [0.15, 0.2) is 6.61 Å². The molecule has 5 nitrogen and oxygen atoms in total. The summed E-state index contributed by atoms with van der Waals surface area (Å²) in [5.74, 6) is 1.75. The third-order valence-corrected chi connectivity index (χ3v) is 4.40. The fraction of sp³-hybridized carbons (Fsp3) is 0.350.